The van der Waals surface area contributed by atoms with Crippen LogP contribution in [0.4, 0.5) is 0 Å². The molecule has 0 fully saturated rings. The molecule has 0 radical (unpaired) electrons. The maximum absolute atomic E-state index is 11.3. The molecule has 0 amide bonds. The molecule has 0 N–H and O–H groups in total. The molecule has 0 spiro atoms. The van der Waals surface area contributed by atoms with Gasteiger partial charge in [0.05, 0.1) is 5.33 Å². The third-order valence-corrected chi connectivity index (χ3v) is 2.16. The minimum Gasteiger partial charge on any atom is -0.293 e. The van der Waals surface area contributed by atoms with Gasteiger partial charge in [0, 0.05) is 14.0 Å². The Kier molecular flexibility index (Phi) is 2.98. The third kappa shape index (κ3) is 2.03. The first-order valence-electron chi connectivity index (χ1n) is 3.70. The number of halogens is 1. The summed E-state index contributed by atoms with van der Waals surface area (Å²) < 4.78 is 1.42. The fourth-order valence-electron chi connectivity index (χ4n) is 0.969. The molecule has 70 valence electrons. The summed E-state index contributed by atoms with van der Waals surface area (Å²) in [4.78, 5) is 22.2. The Labute approximate surface area is 84.1 Å². The summed E-state index contributed by atoms with van der Waals surface area (Å²) in [6, 6.07) is 1.51. The zero-order chi connectivity index (χ0) is 10.0. The van der Waals surface area contributed by atoms with Crippen molar-refractivity contribution in [2.45, 2.75) is 6.92 Å². The van der Waals surface area contributed by atoms with Gasteiger partial charge in [-0.05, 0) is 6.07 Å². The van der Waals surface area contributed by atoms with E-state index in [0.717, 1.165) is 0 Å². The largest absolute Gasteiger partial charge is 0.293 e. The quantitative estimate of drug-likeness (QED) is 0.593. The molecule has 0 aliphatic rings. The fraction of sp³-hybridized carbons (Fsp3) is 0.375. The number of carbonyl (C=O) groups is 2. The van der Waals surface area contributed by atoms with Gasteiger partial charge in [0.15, 0.2) is 11.6 Å². The Morgan fingerprint density at radius 2 is 2.23 bits per heavy atom. The molecular weight excluding hydrogens is 236 g/mol. The highest BCUT2D eigenvalue weighted by molar-refractivity contribution is 9.09. The predicted octanol–water partition coefficient (Wildman–Crippen LogP) is 1.20. The van der Waals surface area contributed by atoms with Crippen LogP contribution in [0.25, 0.3) is 0 Å². The molecule has 0 atom stereocenters. The summed E-state index contributed by atoms with van der Waals surface area (Å²) in [5.74, 6) is -0.216. The Balaban J connectivity index is 3.10. The summed E-state index contributed by atoms with van der Waals surface area (Å²) in [7, 11) is 1.64. The molecule has 1 aromatic heterocycles. The van der Waals surface area contributed by atoms with Gasteiger partial charge in [0.2, 0.25) is 0 Å². The van der Waals surface area contributed by atoms with E-state index < -0.39 is 0 Å². The summed E-state index contributed by atoms with van der Waals surface area (Å²) >= 11 is 3.06. The second-order valence-electron chi connectivity index (χ2n) is 2.65. The van der Waals surface area contributed by atoms with Crippen LogP contribution >= 0.6 is 15.9 Å². The first kappa shape index (κ1) is 10.1. The number of ketones is 2. The monoisotopic (exact) mass is 244 g/mol. The van der Waals surface area contributed by atoms with Crippen LogP contribution in [0.5, 0.6) is 0 Å². The molecule has 0 unspecified atom stereocenters. The fourth-order valence-corrected chi connectivity index (χ4v) is 1.26. The maximum atomic E-state index is 11.3. The van der Waals surface area contributed by atoms with E-state index in [2.05, 4.69) is 21.0 Å². The van der Waals surface area contributed by atoms with Gasteiger partial charge >= 0.3 is 0 Å². The van der Waals surface area contributed by atoms with Crippen molar-refractivity contribution in [2.75, 3.05) is 5.33 Å². The lowest BCUT2D eigenvalue weighted by molar-refractivity contribution is 0.100. The lowest BCUT2D eigenvalue weighted by Gasteiger charge is -1.94. The molecule has 4 nitrogen and oxygen atoms in total. The number of aryl methyl sites for hydroxylation is 1. The van der Waals surface area contributed by atoms with Crippen LogP contribution in [0.15, 0.2) is 6.07 Å². The van der Waals surface area contributed by atoms with E-state index >= 15 is 0 Å². The van der Waals surface area contributed by atoms with Crippen molar-refractivity contribution >= 4 is 27.5 Å². The number of rotatable bonds is 3. The van der Waals surface area contributed by atoms with E-state index in [9.17, 15) is 9.59 Å². The molecule has 0 saturated heterocycles. The van der Waals surface area contributed by atoms with Crippen molar-refractivity contribution < 1.29 is 9.59 Å². The average Bonchev–Trinajstić information content (AvgIpc) is 2.46. The second kappa shape index (κ2) is 3.83. The Bertz CT molecular complexity index is 357. The van der Waals surface area contributed by atoms with Gasteiger partial charge in [-0.25, -0.2) is 0 Å². The zero-order valence-electron chi connectivity index (χ0n) is 7.37. The van der Waals surface area contributed by atoms with Crippen LogP contribution in [0, 0.1) is 0 Å². The predicted molar refractivity (Wildman–Crippen MR) is 51.3 cm³/mol. The van der Waals surface area contributed by atoms with Gasteiger partial charge in [-0.3, -0.25) is 14.3 Å². The summed E-state index contributed by atoms with van der Waals surface area (Å²) in [6.07, 6.45) is 0. The SMILES string of the molecule is CC(=O)c1cc(C(=O)CBr)n(C)n1. The molecule has 0 saturated carbocycles. The normalized spacial score (nSPS) is 10.1. The minimum absolute atomic E-state index is 0.0810. The minimum atomic E-state index is -0.135. The molecule has 0 bridgehead atoms. The van der Waals surface area contributed by atoms with E-state index in [-0.39, 0.29) is 16.9 Å². The Morgan fingerprint density at radius 1 is 1.62 bits per heavy atom. The van der Waals surface area contributed by atoms with Crippen LogP contribution in [0.2, 0.25) is 0 Å². The lowest BCUT2D eigenvalue weighted by Crippen LogP contribution is -2.07. The molecular formula is C8H9BrN2O2. The zero-order valence-corrected chi connectivity index (χ0v) is 8.96. The van der Waals surface area contributed by atoms with Crippen LogP contribution in [-0.4, -0.2) is 26.7 Å². The maximum Gasteiger partial charge on any atom is 0.191 e. The van der Waals surface area contributed by atoms with E-state index in [1.54, 1.807) is 7.05 Å². The van der Waals surface area contributed by atoms with Gasteiger partial charge in [-0.15, -0.1) is 0 Å². The van der Waals surface area contributed by atoms with Crippen molar-refractivity contribution in [3.05, 3.63) is 17.5 Å². The Hall–Kier alpha value is -0.970. The van der Waals surface area contributed by atoms with Gasteiger partial charge < -0.3 is 0 Å². The number of nitrogens with zero attached hydrogens (tertiary/aromatic N) is 2. The summed E-state index contributed by atoms with van der Waals surface area (Å²) in [5.41, 5.74) is 0.772. The van der Waals surface area contributed by atoms with Crippen LogP contribution < -0.4 is 0 Å². The average molecular weight is 245 g/mol. The van der Waals surface area contributed by atoms with E-state index in [4.69, 9.17) is 0 Å². The molecule has 13 heavy (non-hydrogen) atoms. The highest BCUT2D eigenvalue weighted by atomic mass is 79.9. The number of hydrogen-bond donors (Lipinski definition) is 0. The highest BCUT2D eigenvalue weighted by Crippen LogP contribution is 2.06. The number of aromatic nitrogens is 2. The number of alkyl halides is 1. The molecule has 0 aliphatic heterocycles. The second-order valence-corrected chi connectivity index (χ2v) is 3.21. The molecule has 1 rings (SSSR count). The van der Waals surface area contributed by atoms with Crippen molar-refractivity contribution in [1.29, 1.82) is 0 Å². The van der Waals surface area contributed by atoms with Crippen molar-refractivity contribution in [1.82, 2.24) is 9.78 Å². The highest BCUT2D eigenvalue weighted by Gasteiger charge is 2.13. The number of Topliss-reactive ketones (excluding diaryl/α,β-unsaturated/α-hetero) is 2. The van der Waals surface area contributed by atoms with Crippen molar-refractivity contribution in [3.8, 4) is 0 Å². The molecule has 0 aromatic carbocycles. The smallest absolute Gasteiger partial charge is 0.191 e. The molecule has 1 heterocycles. The first-order valence-corrected chi connectivity index (χ1v) is 4.82. The standard InChI is InChI=1S/C8H9BrN2O2/c1-5(12)6-3-7(8(13)4-9)11(2)10-6/h3H,4H2,1-2H3. The first-order chi connectivity index (χ1) is 6.06. The van der Waals surface area contributed by atoms with Gasteiger partial charge in [0.25, 0.3) is 0 Å². The summed E-state index contributed by atoms with van der Waals surface area (Å²) in [5, 5.41) is 4.14. The van der Waals surface area contributed by atoms with Crippen molar-refractivity contribution in [3.63, 3.8) is 0 Å². The van der Waals surface area contributed by atoms with Crippen molar-refractivity contribution in [2.24, 2.45) is 7.05 Å². The lowest BCUT2D eigenvalue weighted by atomic mass is 10.2. The van der Waals surface area contributed by atoms with Gasteiger partial charge in [-0.1, -0.05) is 15.9 Å². The molecule has 0 aliphatic carbocycles. The third-order valence-electron chi connectivity index (χ3n) is 1.65. The van der Waals surface area contributed by atoms with Crippen LogP contribution in [0.3, 0.4) is 0 Å². The van der Waals surface area contributed by atoms with Gasteiger partial charge in [-0.2, -0.15) is 5.10 Å². The van der Waals surface area contributed by atoms with E-state index in [1.165, 1.54) is 17.7 Å². The van der Waals surface area contributed by atoms with E-state index in [0.29, 0.717) is 11.4 Å². The van der Waals surface area contributed by atoms with Gasteiger partial charge in [0.1, 0.15) is 11.4 Å². The Morgan fingerprint density at radius 3 is 2.62 bits per heavy atom. The molecule has 1 aromatic rings. The van der Waals surface area contributed by atoms with Crippen LogP contribution in [-0.2, 0) is 7.05 Å². The summed E-state index contributed by atoms with van der Waals surface area (Å²) in [6.45, 7) is 1.42. The van der Waals surface area contributed by atoms with E-state index in [1.807, 2.05) is 0 Å². The number of carbonyl (C=O) groups excluding carboxylic acids is 2. The molecule has 5 heteroatoms. The number of hydrogen-bond acceptors (Lipinski definition) is 3. The van der Waals surface area contributed by atoms with Crippen LogP contribution in [0.1, 0.15) is 27.9 Å². The topological polar surface area (TPSA) is 52.0 Å².